The Balaban J connectivity index is 1.31. The molecule has 1 unspecified atom stereocenters. The summed E-state index contributed by atoms with van der Waals surface area (Å²) in [5.74, 6) is 0.949. The Bertz CT molecular complexity index is 1160. The first-order valence-corrected chi connectivity index (χ1v) is 12.4. The number of ether oxygens (including phenoxy) is 1. The topological polar surface area (TPSA) is 80.8 Å². The number of rotatable bonds is 3. The number of amidine groups is 1. The summed E-state index contributed by atoms with van der Waals surface area (Å²) in [6.45, 7) is 3.66. The smallest absolute Gasteiger partial charge is 0.233 e. The Morgan fingerprint density at radius 1 is 1.24 bits per heavy atom. The monoisotopic (exact) mass is 482 g/mol. The molecule has 6 nitrogen and oxygen atoms in total. The third kappa shape index (κ3) is 3.86. The molecule has 0 amide bonds. The van der Waals surface area contributed by atoms with Crippen LogP contribution in [0, 0.1) is 11.3 Å². The number of aliphatic imine (C=N–C) groups is 1. The second-order valence-electron chi connectivity index (χ2n) is 9.00. The van der Waals surface area contributed by atoms with Crippen LogP contribution >= 0.6 is 23.4 Å². The summed E-state index contributed by atoms with van der Waals surface area (Å²) < 4.78 is 5.18. The summed E-state index contributed by atoms with van der Waals surface area (Å²) >= 11 is 7.67. The minimum Gasteiger partial charge on any atom is -0.480 e. The second-order valence-corrected chi connectivity index (χ2v) is 10.5. The van der Waals surface area contributed by atoms with Crippen LogP contribution in [0.2, 0.25) is 5.02 Å². The molecule has 1 aromatic carbocycles. The molecule has 8 heteroatoms. The SMILES string of the molecule is COc1nccc(SC2=CN=C(N3CCC4(CC3)Cc3ccccc3C4N)[C@H](C)C2=O)c1Cl. The Hall–Kier alpha value is -2.35. The lowest BCUT2D eigenvalue weighted by Gasteiger charge is -2.44. The van der Waals surface area contributed by atoms with Crippen LogP contribution in [0.1, 0.15) is 36.9 Å². The van der Waals surface area contributed by atoms with Crippen LogP contribution in [-0.2, 0) is 11.2 Å². The number of piperidine rings is 1. The van der Waals surface area contributed by atoms with Gasteiger partial charge in [-0.05, 0) is 48.8 Å². The van der Waals surface area contributed by atoms with E-state index in [0.29, 0.717) is 15.8 Å². The normalized spacial score (nSPS) is 23.9. The molecule has 1 aliphatic carbocycles. The zero-order valence-corrected chi connectivity index (χ0v) is 20.3. The minimum atomic E-state index is -0.302. The van der Waals surface area contributed by atoms with Crippen LogP contribution < -0.4 is 10.5 Å². The molecule has 172 valence electrons. The van der Waals surface area contributed by atoms with Gasteiger partial charge in [0.15, 0.2) is 5.78 Å². The zero-order valence-electron chi connectivity index (χ0n) is 18.8. The lowest BCUT2D eigenvalue weighted by Crippen LogP contribution is -2.49. The highest BCUT2D eigenvalue weighted by Crippen LogP contribution is 2.51. The quantitative estimate of drug-likeness (QED) is 0.686. The van der Waals surface area contributed by atoms with Crippen molar-refractivity contribution in [1.82, 2.24) is 9.88 Å². The maximum atomic E-state index is 13.2. The summed E-state index contributed by atoms with van der Waals surface area (Å²) in [6.07, 6.45) is 6.33. The number of methoxy groups -OCH3 is 1. The number of benzene rings is 1. The van der Waals surface area contributed by atoms with Crippen molar-refractivity contribution < 1.29 is 9.53 Å². The molecule has 3 aliphatic rings. The van der Waals surface area contributed by atoms with Gasteiger partial charge in [0.25, 0.3) is 0 Å². The van der Waals surface area contributed by atoms with Crippen molar-refractivity contribution in [3.05, 3.63) is 63.8 Å². The van der Waals surface area contributed by atoms with Crippen molar-refractivity contribution in [2.24, 2.45) is 22.1 Å². The number of aromatic nitrogens is 1. The highest BCUT2D eigenvalue weighted by Gasteiger charge is 2.46. The highest BCUT2D eigenvalue weighted by atomic mass is 35.5. The lowest BCUT2D eigenvalue weighted by molar-refractivity contribution is -0.116. The molecule has 1 spiro atoms. The fourth-order valence-electron chi connectivity index (χ4n) is 5.30. The van der Waals surface area contributed by atoms with E-state index in [1.807, 2.05) is 6.92 Å². The van der Waals surface area contributed by atoms with Gasteiger partial charge in [-0.15, -0.1) is 0 Å². The van der Waals surface area contributed by atoms with Crippen LogP contribution in [0.3, 0.4) is 0 Å². The summed E-state index contributed by atoms with van der Waals surface area (Å²) in [5, 5.41) is 0.399. The van der Waals surface area contributed by atoms with E-state index in [1.54, 1.807) is 18.5 Å². The fourth-order valence-corrected chi connectivity index (χ4v) is 6.53. The predicted molar refractivity (Wildman–Crippen MR) is 132 cm³/mol. The number of Topliss-reactive ketones (excluding diaryl/α,β-unsaturated/α-hetero) is 1. The van der Waals surface area contributed by atoms with Gasteiger partial charge >= 0.3 is 0 Å². The molecule has 0 bridgehead atoms. The number of allylic oxidation sites excluding steroid dienone is 1. The summed E-state index contributed by atoms with van der Waals surface area (Å²) in [4.78, 5) is 25.6. The largest absolute Gasteiger partial charge is 0.480 e. The summed E-state index contributed by atoms with van der Waals surface area (Å²) in [7, 11) is 1.52. The van der Waals surface area contributed by atoms with Crippen LogP contribution in [0.25, 0.3) is 0 Å². The number of nitrogens with two attached hydrogens (primary N) is 1. The molecule has 1 aromatic heterocycles. The first kappa shape index (κ1) is 22.4. The molecule has 2 aliphatic heterocycles. The standard InChI is InChI=1S/C25H27ClN4O2S/c1-15-21(31)19(33-18-7-10-28-24(32-2)20(18)26)14-29-23(15)30-11-8-25(9-12-30)13-16-5-3-4-6-17(16)22(25)27/h3-7,10,14-15,22H,8-9,11-13,27H2,1-2H3/t15-,22?/m1/s1. The van der Waals surface area contributed by atoms with Crippen LogP contribution in [0.5, 0.6) is 5.88 Å². The Morgan fingerprint density at radius 2 is 2.00 bits per heavy atom. The number of carbonyl (C=O) groups excluding carboxylic acids is 1. The van der Waals surface area contributed by atoms with Gasteiger partial charge < -0.3 is 15.4 Å². The predicted octanol–water partition coefficient (Wildman–Crippen LogP) is 4.63. The van der Waals surface area contributed by atoms with E-state index in [9.17, 15) is 4.79 Å². The molecule has 2 N–H and O–H groups in total. The van der Waals surface area contributed by atoms with Crippen LogP contribution in [0.4, 0.5) is 0 Å². The van der Waals surface area contributed by atoms with E-state index in [2.05, 4.69) is 34.1 Å². The molecular weight excluding hydrogens is 456 g/mol. The average molecular weight is 483 g/mol. The van der Waals surface area contributed by atoms with Crippen LogP contribution in [0.15, 0.2) is 57.5 Å². The van der Waals surface area contributed by atoms with E-state index in [0.717, 1.165) is 43.1 Å². The van der Waals surface area contributed by atoms with Gasteiger partial charge in [0.1, 0.15) is 10.9 Å². The number of ketones is 1. The van der Waals surface area contributed by atoms with Crippen molar-refractivity contribution in [2.45, 2.75) is 37.1 Å². The van der Waals surface area contributed by atoms with Crippen molar-refractivity contribution >= 4 is 35.0 Å². The van der Waals surface area contributed by atoms with Crippen LogP contribution in [-0.4, -0.2) is 41.7 Å². The van der Waals surface area contributed by atoms with E-state index >= 15 is 0 Å². The third-order valence-electron chi connectivity index (χ3n) is 7.25. The van der Waals surface area contributed by atoms with Crippen molar-refractivity contribution in [3.8, 4) is 5.88 Å². The van der Waals surface area contributed by atoms with Gasteiger partial charge in [0, 0.05) is 36.4 Å². The molecule has 1 fully saturated rings. The highest BCUT2D eigenvalue weighted by molar-refractivity contribution is 8.04. The zero-order chi connectivity index (χ0) is 23.2. The maximum Gasteiger partial charge on any atom is 0.233 e. The number of fused-ring (bicyclic) bond motifs is 1. The molecule has 2 atom stereocenters. The lowest BCUT2D eigenvalue weighted by atomic mass is 9.73. The molecule has 0 saturated carbocycles. The molecule has 3 heterocycles. The Labute approximate surface area is 203 Å². The van der Waals surface area contributed by atoms with Gasteiger partial charge in [-0.3, -0.25) is 4.79 Å². The van der Waals surface area contributed by atoms with Gasteiger partial charge in [0.2, 0.25) is 5.88 Å². The first-order valence-electron chi connectivity index (χ1n) is 11.2. The fraction of sp³-hybridized carbons (Fsp3) is 0.400. The van der Waals surface area contributed by atoms with Crippen molar-refractivity contribution in [3.63, 3.8) is 0 Å². The second kappa shape index (κ2) is 8.78. The average Bonchev–Trinajstić information content (AvgIpc) is 3.10. The van der Waals surface area contributed by atoms with Gasteiger partial charge in [0.05, 0.1) is 17.9 Å². The first-order chi connectivity index (χ1) is 15.9. The number of likely N-dealkylation sites (tertiary alicyclic amines) is 1. The van der Waals surface area contributed by atoms with E-state index in [1.165, 1.54) is 30.0 Å². The van der Waals surface area contributed by atoms with Gasteiger partial charge in [-0.25, -0.2) is 9.98 Å². The van der Waals surface area contributed by atoms with Crippen molar-refractivity contribution in [1.29, 1.82) is 0 Å². The number of halogens is 1. The molecule has 5 rings (SSSR count). The maximum absolute atomic E-state index is 13.2. The number of thioether (sulfide) groups is 1. The van der Waals surface area contributed by atoms with E-state index in [4.69, 9.17) is 27.1 Å². The molecule has 2 aromatic rings. The van der Waals surface area contributed by atoms with Crippen molar-refractivity contribution in [2.75, 3.05) is 20.2 Å². The Kier molecular flexibility index (Phi) is 5.97. The van der Waals surface area contributed by atoms with E-state index < -0.39 is 0 Å². The Morgan fingerprint density at radius 3 is 2.73 bits per heavy atom. The minimum absolute atomic E-state index is 0.0575. The van der Waals surface area contributed by atoms with E-state index in [-0.39, 0.29) is 23.2 Å². The number of carbonyl (C=O) groups is 1. The molecule has 0 radical (unpaired) electrons. The molecule has 1 saturated heterocycles. The molecule has 33 heavy (non-hydrogen) atoms. The third-order valence-corrected chi connectivity index (χ3v) is 8.81. The summed E-state index contributed by atoms with van der Waals surface area (Å²) in [5.41, 5.74) is 9.50. The van der Waals surface area contributed by atoms with Gasteiger partial charge in [-0.1, -0.05) is 47.6 Å². The number of pyridine rings is 1. The number of nitrogens with zero attached hydrogens (tertiary/aromatic N) is 3. The number of hydrogen-bond donors (Lipinski definition) is 1. The number of hydrogen-bond acceptors (Lipinski definition) is 7. The summed E-state index contributed by atoms with van der Waals surface area (Å²) in [6, 6.07) is 10.4. The van der Waals surface area contributed by atoms with Gasteiger partial charge in [-0.2, -0.15) is 0 Å². The molecular formula is C25H27ClN4O2S.